The van der Waals surface area contributed by atoms with Crippen molar-refractivity contribution in [2.24, 2.45) is 0 Å². The number of hydrogen-bond donors (Lipinski definition) is 1. The summed E-state index contributed by atoms with van der Waals surface area (Å²) in [5.74, 6) is 1.33. The van der Waals surface area contributed by atoms with Gasteiger partial charge in [0.1, 0.15) is 17.3 Å². The minimum absolute atomic E-state index is 0.220. The number of aromatic nitrogens is 3. The van der Waals surface area contributed by atoms with E-state index in [1.807, 2.05) is 36.4 Å². The van der Waals surface area contributed by atoms with Crippen LogP contribution in [-0.2, 0) is 6.54 Å². The van der Waals surface area contributed by atoms with Crippen LogP contribution in [0.5, 0.6) is 0 Å². The molecule has 6 nitrogen and oxygen atoms in total. The monoisotopic (exact) mass is 347 g/mol. The first-order valence-corrected chi connectivity index (χ1v) is 9.00. The van der Waals surface area contributed by atoms with Crippen LogP contribution in [0.15, 0.2) is 48.7 Å². The van der Waals surface area contributed by atoms with Crippen molar-refractivity contribution in [2.45, 2.75) is 25.8 Å². The van der Waals surface area contributed by atoms with Crippen LogP contribution in [0.3, 0.4) is 0 Å². The van der Waals surface area contributed by atoms with Crippen molar-refractivity contribution in [3.63, 3.8) is 0 Å². The zero-order chi connectivity index (χ0) is 17.8. The molecule has 0 saturated carbocycles. The quantitative estimate of drug-likeness (QED) is 0.786. The van der Waals surface area contributed by atoms with Crippen molar-refractivity contribution in [3.05, 3.63) is 60.2 Å². The zero-order valence-electron chi connectivity index (χ0n) is 14.6. The summed E-state index contributed by atoms with van der Waals surface area (Å²) in [5, 5.41) is 3.88. The lowest BCUT2D eigenvalue weighted by Gasteiger charge is -2.27. The molecule has 3 heterocycles. The first-order valence-electron chi connectivity index (χ1n) is 9.00. The Kier molecular flexibility index (Phi) is 4.73. The van der Waals surface area contributed by atoms with Crippen LogP contribution >= 0.6 is 0 Å². The van der Waals surface area contributed by atoms with Crippen molar-refractivity contribution in [1.29, 1.82) is 0 Å². The number of benzene rings is 1. The second-order valence-corrected chi connectivity index (χ2v) is 6.45. The third-order valence-corrected chi connectivity index (χ3v) is 4.61. The molecule has 1 aromatic carbocycles. The number of hydrogen-bond acceptors (Lipinski definition) is 5. The predicted octanol–water partition coefficient (Wildman–Crippen LogP) is 2.95. The van der Waals surface area contributed by atoms with Crippen molar-refractivity contribution < 1.29 is 4.79 Å². The highest BCUT2D eigenvalue weighted by molar-refractivity contribution is 5.94. The van der Waals surface area contributed by atoms with Gasteiger partial charge in [-0.15, -0.1) is 0 Å². The first kappa shape index (κ1) is 16.4. The van der Waals surface area contributed by atoms with Gasteiger partial charge in [0.05, 0.1) is 12.1 Å². The average Bonchev–Trinajstić information content (AvgIpc) is 2.72. The summed E-state index contributed by atoms with van der Waals surface area (Å²) >= 11 is 0. The van der Waals surface area contributed by atoms with E-state index < -0.39 is 0 Å². The molecule has 1 aliphatic rings. The number of para-hydroxylation sites is 1. The molecular weight excluding hydrogens is 326 g/mol. The number of nitrogens with one attached hydrogen (secondary N) is 1. The van der Waals surface area contributed by atoms with Crippen LogP contribution in [0.4, 0.5) is 5.82 Å². The molecule has 6 heteroatoms. The number of piperidine rings is 1. The second kappa shape index (κ2) is 7.47. The molecule has 0 aliphatic carbocycles. The maximum absolute atomic E-state index is 12.4. The summed E-state index contributed by atoms with van der Waals surface area (Å²) in [6.07, 6.45) is 5.43. The molecule has 2 aromatic heterocycles. The van der Waals surface area contributed by atoms with E-state index in [4.69, 9.17) is 0 Å². The topological polar surface area (TPSA) is 71.0 Å². The van der Waals surface area contributed by atoms with Crippen LogP contribution in [0.25, 0.3) is 10.9 Å². The van der Waals surface area contributed by atoms with Gasteiger partial charge in [0, 0.05) is 24.7 Å². The summed E-state index contributed by atoms with van der Waals surface area (Å²) in [5.41, 5.74) is 1.21. The summed E-state index contributed by atoms with van der Waals surface area (Å²) in [7, 11) is 0. The van der Waals surface area contributed by atoms with Crippen LogP contribution < -0.4 is 10.2 Å². The maximum Gasteiger partial charge on any atom is 0.270 e. The number of fused-ring (bicyclic) bond motifs is 1. The molecule has 1 N–H and O–H groups in total. The average molecular weight is 347 g/mol. The van der Waals surface area contributed by atoms with Gasteiger partial charge in [0.2, 0.25) is 0 Å². The van der Waals surface area contributed by atoms with Gasteiger partial charge in [-0.3, -0.25) is 4.79 Å². The molecule has 0 spiro atoms. The number of carbonyl (C=O) groups is 1. The molecule has 0 bridgehead atoms. The summed E-state index contributed by atoms with van der Waals surface area (Å²) in [6.45, 7) is 2.35. The Labute approximate surface area is 152 Å². The SMILES string of the molecule is O=C(NCc1nccc(N2CCCCC2)n1)c1ccc2ccccc2n1. The number of carbonyl (C=O) groups excluding carboxylic acids is 1. The fourth-order valence-corrected chi connectivity index (χ4v) is 3.22. The van der Waals surface area contributed by atoms with Crippen molar-refractivity contribution in [1.82, 2.24) is 20.3 Å². The predicted molar refractivity (Wildman–Crippen MR) is 101 cm³/mol. The van der Waals surface area contributed by atoms with E-state index in [0.717, 1.165) is 29.8 Å². The molecule has 132 valence electrons. The lowest BCUT2D eigenvalue weighted by atomic mass is 10.1. The molecule has 1 fully saturated rings. The molecular formula is C20H21N5O. The van der Waals surface area contributed by atoms with Crippen LogP contribution in [0.1, 0.15) is 35.6 Å². The van der Waals surface area contributed by atoms with E-state index in [1.54, 1.807) is 12.3 Å². The van der Waals surface area contributed by atoms with Crippen LogP contribution in [-0.4, -0.2) is 33.9 Å². The molecule has 4 rings (SSSR count). The van der Waals surface area contributed by atoms with Crippen molar-refractivity contribution in [3.8, 4) is 0 Å². The number of pyridine rings is 1. The number of anilines is 1. The molecule has 0 atom stereocenters. The third kappa shape index (κ3) is 3.64. The van der Waals surface area contributed by atoms with Crippen molar-refractivity contribution in [2.75, 3.05) is 18.0 Å². The van der Waals surface area contributed by atoms with E-state index >= 15 is 0 Å². The molecule has 1 saturated heterocycles. The minimum atomic E-state index is -0.220. The fourth-order valence-electron chi connectivity index (χ4n) is 3.22. The standard InChI is InChI=1S/C20H21N5O/c26-20(17-9-8-15-6-2-3-7-16(15)23-17)22-14-18-21-11-10-19(24-18)25-12-4-1-5-13-25/h2-3,6-11H,1,4-5,12-14H2,(H,22,26). The van der Waals surface area contributed by atoms with Gasteiger partial charge >= 0.3 is 0 Å². The highest BCUT2D eigenvalue weighted by atomic mass is 16.1. The Balaban J connectivity index is 1.43. The summed E-state index contributed by atoms with van der Waals surface area (Å²) in [4.78, 5) is 28.0. The lowest BCUT2D eigenvalue weighted by Crippen LogP contribution is -2.31. The van der Waals surface area contributed by atoms with Gasteiger partial charge in [0.15, 0.2) is 0 Å². The smallest absolute Gasteiger partial charge is 0.270 e. The Morgan fingerprint density at radius 1 is 1.00 bits per heavy atom. The Hall–Kier alpha value is -3.02. The van der Waals surface area contributed by atoms with E-state index in [-0.39, 0.29) is 12.5 Å². The Morgan fingerprint density at radius 3 is 2.73 bits per heavy atom. The fraction of sp³-hybridized carbons (Fsp3) is 0.300. The van der Waals surface area contributed by atoms with Gasteiger partial charge in [-0.25, -0.2) is 15.0 Å². The number of rotatable bonds is 4. The highest BCUT2D eigenvalue weighted by Gasteiger charge is 2.13. The van der Waals surface area contributed by atoms with Gasteiger partial charge in [-0.2, -0.15) is 0 Å². The summed E-state index contributed by atoms with van der Waals surface area (Å²) < 4.78 is 0. The molecule has 0 unspecified atom stereocenters. The zero-order valence-corrected chi connectivity index (χ0v) is 14.6. The van der Waals surface area contributed by atoms with Gasteiger partial charge in [-0.05, 0) is 37.5 Å². The maximum atomic E-state index is 12.4. The second-order valence-electron chi connectivity index (χ2n) is 6.45. The molecule has 1 aliphatic heterocycles. The Morgan fingerprint density at radius 2 is 1.85 bits per heavy atom. The number of amides is 1. The van der Waals surface area contributed by atoms with E-state index in [9.17, 15) is 4.79 Å². The van der Waals surface area contributed by atoms with Crippen molar-refractivity contribution >= 4 is 22.6 Å². The minimum Gasteiger partial charge on any atom is -0.357 e. The van der Waals surface area contributed by atoms with Gasteiger partial charge in [0.25, 0.3) is 5.91 Å². The summed E-state index contributed by atoms with van der Waals surface area (Å²) in [6, 6.07) is 13.3. The first-order chi connectivity index (χ1) is 12.8. The number of nitrogens with zero attached hydrogens (tertiary/aromatic N) is 4. The largest absolute Gasteiger partial charge is 0.357 e. The van der Waals surface area contributed by atoms with E-state index in [1.165, 1.54) is 19.3 Å². The van der Waals surface area contributed by atoms with Crippen LogP contribution in [0.2, 0.25) is 0 Å². The van der Waals surface area contributed by atoms with E-state index in [2.05, 4.69) is 25.2 Å². The lowest BCUT2D eigenvalue weighted by molar-refractivity contribution is 0.0945. The molecule has 3 aromatic rings. The molecule has 0 radical (unpaired) electrons. The Bertz CT molecular complexity index is 921. The molecule has 26 heavy (non-hydrogen) atoms. The van der Waals surface area contributed by atoms with Gasteiger partial charge < -0.3 is 10.2 Å². The van der Waals surface area contributed by atoms with Gasteiger partial charge in [-0.1, -0.05) is 24.3 Å². The highest BCUT2D eigenvalue weighted by Crippen LogP contribution is 2.17. The van der Waals surface area contributed by atoms with E-state index in [0.29, 0.717) is 11.5 Å². The third-order valence-electron chi connectivity index (χ3n) is 4.61. The normalized spacial score (nSPS) is 14.4. The van der Waals surface area contributed by atoms with Crippen LogP contribution in [0, 0.1) is 0 Å². The molecule has 1 amide bonds.